The molecule has 0 aliphatic carbocycles. The fraction of sp³-hybridized carbons (Fsp3) is 0.500. The van der Waals surface area contributed by atoms with E-state index in [2.05, 4.69) is 0 Å². The Morgan fingerprint density at radius 1 is 1.29 bits per heavy atom. The molecule has 0 saturated carbocycles. The van der Waals surface area contributed by atoms with Crippen molar-refractivity contribution in [1.82, 2.24) is 0 Å². The quantitative estimate of drug-likeness (QED) is 0.735. The Morgan fingerprint density at radius 2 is 2.06 bits per heavy atom. The van der Waals surface area contributed by atoms with Gasteiger partial charge in [0.05, 0.1) is 33.5 Å². The lowest BCUT2D eigenvalue weighted by Gasteiger charge is -2.19. The van der Waals surface area contributed by atoms with Crippen LogP contribution in [0.4, 0.5) is 0 Å². The van der Waals surface area contributed by atoms with E-state index in [1.165, 1.54) is 0 Å². The number of hydrogen-bond acceptors (Lipinski definition) is 5. The fourth-order valence-corrected chi connectivity index (χ4v) is 1.57. The maximum Gasteiger partial charge on any atom is 0.124 e. The van der Waals surface area contributed by atoms with E-state index >= 15 is 0 Å². The van der Waals surface area contributed by atoms with Gasteiger partial charge in [0.2, 0.25) is 0 Å². The summed E-state index contributed by atoms with van der Waals surface area (Å²) in [7, 11) is 3.18. The largest absolute Gasteiger partial charge is 0.497 e. The van der Waals surface area contributed by atoms with Crippen molar-refractivity contribution < 1.29 is 19.3 Å². The van der Waals surface area contributed by atoms with Gasteiger partial charge in [-0.15, -0.1) is 0 Å². The average Bonchev–Trinajstić information content (AvgIpc) is 2.39. The van der Waals surface area contributed by atoms with E-state index in [9.17, 15) is 0 Å². The van der Waals surface area contributed by atoms with Crippen molar-refractivity contribution in [3.8, 4) is 11.5 Å². The molecule has 1 atom stereocenters. The van der Waals surface area contributed by atoms with Crippen molar-refractivity contribution in [3.63, 3.8) is 0 Å². The van der Waals surface area contributed by atoms with Crippen LogP contribution in [0.15, 0.2) is 18.2 Å². The molecular weight excluding hydrogens is 222 g/mol. The summed E-state index contributed by atoms with van der Waals surface area (Å²) >= 11 is 0. The molecule has 0 amide bonds. The molecule has 0 aliphatic rings. The highest BCUT2D eigenvalue weighted by atomic mass is 16.5. The Kier molecular flexibility index (Phi) is 5.76. The lowest BCUT2D eigenvalue weighted by atomic mass is 10.1. The molecule has 0 aliphatic heterocycles. The van der Waals surface area contributed by atoms with Gasteiger partial charge in [-0.05, 0) is 18.2 Å². The Bertz CT molecular complexity index is 343. The van der Waals surface area contributed by atoms with Crippen LogP contribution in [-0.2, 0) is 4.74 Å². The number of aliphatic hydroxyl groups excluding tert-OH is 1. The fourth-order valence-electron chi connectivity index (χ4n) is 1.57. The highest BCUT2D eigenvalue weighted by molar-refractivity contribution is 5.41. The van der Waals surface area contributed by atoms with Gasteiger partial charge in [-0.2, -0.15) is 0 Å². The normalized spacial score (nSPS) is 12.2. The number of nitrogens with two attached hydrogens (primary N) is 1. The third kappa shape index (κ3) is 3.59. The molecule has 5 heteroatoms. The van der Waals surface area contributed by atoms with Crippen LogP contribution in [0, 0.1) is 0 Å². The Balaban J connectivity index is 2.97. The topological polar surface area (TPSA) is 73.9 Å². The SMILES string of the molecule is COc1ccc(OC)c(C(CN)OCCO)c1. The van der Waals surface area contributed by atoms with Gasteiger partial charge < -0.3 is 25.1 Å². The average molecular weight is 241 g/mol. The van der Waals surface area contributed by atoms with Gasteiger partial charge in [0.25, 0.3) is 0 Å². The van der Waals surface area contributed by atoms with Crippen molar-refractivity contribution in [3.05, 3.63) is 23.8 Å². The molecule has 5 nitrogen and oxygen atoms in total. The van der Waals surface area contributed by atoms with Crippen molar-refractivity contribution in [2.24, 2.45) is 5.73 Å². The molecule has 1 aromatic rings. The predicted molar refractivity (Wildman–Crippen MR) is 64.4 cm³/mol. The first-order valence-electron chi connectivity index (χ1n) is 5.41. The van der Waals surface area contributed by atoms with Crippen LogP contribution in [0.25, 0.3) is 0 Å². The number of methoxy groups -OCH3 is 2. The molecule has 1 rings (SSSR count). The Morgan fingerprint density at radius 3 is 2.59 bits per heavy atom. The Labute approximate surface area is 101 Å². The number of benzene rings is 1. The Hall–Kier alpha value is -1.30. The first kappa shape index (κ1) is 13.8. The molecular formula is C12H19NO4. The molecule has 0 fully saturated rings. The molecule has 1 aromatic carbocycles. The minimum absolute atomic E-state index is 0.0389. The van der Waals surface area contributed by atoms with Crippen molar-refractivity contribution in [1.29, 1.82) is 0 Å². The number of rotatable bonds is 7. The first-order chi connectivity index (χ1) is 8.26. The minimum atomic E-state index is -0.313. The second-order valence-corrected chi connectivity index (χ2v) is 3.43. The van der Waals surface area contributed by atoms with E-state index < -0.39 is 0 Å². The maximum absolute atomic E-state index is 8.76. The van der Waals surface area contributed by atoms with E-state index in [1.54, 1.807) is 20.3 Å². The summed E-state index contributed by atoms with van der Waals surface area (Å²) in [5, 5.41) is 8.76. The van der Waals surface area contributed by atoms with Gasteiger partial charge in [0.1, 0.15) is 11.5 Å². The third-order valence-electron chi connectivity index (χ3n) is 2.41. The summed E-state index contributed by atoms with van der Waals surface area (Å²) in [5.41, 5.74) is 6.48. The van der Waals surface area contributed by atoms with Gasteiger partial charge in [-0.25, -0.2) is 0 Å². The zero-order valence-corrected chi connectivity index (χ0v) is 10.2. The van der Waals surface area contributed by atoms with Crippen LogP contribution in [0.1, 0.15) is 11.7 Å². The third-order valence-corrected chi connectivity index (χ3v) is 2.41. The standard InChI is InChI=1S/C12H19NO4/c1-15-9-3-4-11(16-2)10(7-9)12(8-13)17-6-5-14/h3-4,7,12,14H,5-6,8,13H2,1-2H3. The summed E-state index contributed by atoms with van der Waals surface area (Å²) < 4.78 is 15.9. The molecule has 0 spiro atoms. The molecule has 0 aromatic heterocycles. The van der Waals surface area contributed by atoms with Crippen LogP contribution < -0.4 is 15.2 Å². The summed E-state index contributed by atoms with van der Waals surface area (Å²) in [4.78, 5) is 0. The molecule has 1 unspecified atom stereocenters. The summed E-state index contributed by atoms with van der Waals surface area (Å²) in [6, 6.07) is 5.44. The molecule has 0 radical (unpaired) electrons. The lowest BCUT2D eigenvalue weighted by Crippen LogP contribution is -2.18. The van der Waals surface area contributed by atoms with Gasteiger partial charge in [-0.1, -0.05) is 0 Å². The van der Waals surface area contributed by atoms with Crippen LogP contribution in [-0.4, -0.2) is 39.1 Å². The van der Waals surface area contributed by atoms with Crippen LogP contribution in [0.2, 0.25) is 0 Å². The number of aliphatic hydroxyl groups is 1. The smallest absolute Gasteiger partial charge is 0.124 e. The van der Waals surface area contributed by atoms with Gasteiger partial charge in [0, 0.05) is 12.1 Å². The second-order valence-electron chi connectivity index (χ2n) is 3.43. The molecule has 0 bridgehead atoms. The molecule has 0 saturated heterocycles. The highest BCUT2D eigenvalue weighted by Crippen LogP contribution is 2.30. The van der Waals surface area contributed by atoms with E-state index in [-0.39, 0.29) is 19.3 Å². The zero-order valence-electron chi connectivity index (χ0n) is 10.2. The monoisotopic (exact) mass is 241 g/mol. The van der Waals surface area contributed by atoms with Gasteiger partial charge >= 0.3 is 0 Å². The van der Waals surface area contributed by atoms with Crippen molar-refractivity contribution >= 4 is 0 Å². The van der Waals surface area contributed by atoms with Crippen molar-refractivity contribution in [2.75, 3.05) is 34.0 Å². The summed E-state index contributed by atoms with van der Waals surface area (Å²) in [6.45, 7) is 0.508. The molecule has 96 valence electrons. The van der Waals surface area contributed by atoms with E-state index in [0.29, 0.717) is 18.0 Å². The van der Waals surface area contributed by atoms with E-state index in [4.69, 9.17) is 25.1 Å². The maximum atomic E-state index is 8.76. The van der Waals surface area contributed by atoms with Gasteiger partial charge in [0.15, 0.2) is 0 Å². The molecule has 3 N–H and O–H groups in total. The van der Waals surface area contributed by atoms with E-state index in [0.717, 1.165) is 5.56 Å². The minimum Gasteiger partial charge on any atom is -0.497 e. The molecule has 17 heavy (non-hydrogen) atoms. The lowest BCUT2D eigenvalue weighted by molar-refractivity contribution is 0.0315. The van der Waals surface area contributed by atoms with Gasteiger partial charge in [-0.3, -0.25) is 0 Å². The second kappa shape index (κ2) is 7.11. The first-order valence-corrected chi connectivity index (χ1v) is 5.41. The van der Waals surface area contributed by atoms with Crippen LogP contribution >= 0.6 is 0 Å². The highest BCUT2D eigenvalue weighted by Gasteiger charge is 2.16. The summed E-state index contributed by atoms with van der Waals surface area (Å²) in [5.74, 6) is 1.41. The molecule has 0 heterocycles. The van der Waals surface area contributed by atoms with Crippen molar-refractivity contribution in [2.45, 2.75) is 6.10 Å². The number of hydrogen-bond donors (Lipinski definition) is 2. The predicted octanol–water partition coefficient (Wildman–Crippen LogP) is 0.712. The summed E-state index contributed by atoms with van der Waals surface area (Å²) in [6.07, 6.45) is -0.313. The van der Waals surface area contributed by atoms with Crippen LogP contribution in [0.3, 0.4) is 0 Å². The zero-order chi connectivity index (χ0) is 12.7. The van der Waals surface area contributed by atoms with Crippen LogP contribution in [0.5, 0.6) is 11.5 Å². The van der Waals surface area contributed by atoms with E-state index in [1.807, 2.05) is 12.1 Å². The number of ether oxygens (including phenoxy) is 3.